The van der Waals surface area contributed by atoms with Gasteiger partial charge in [-0.1, -0.05) is 32.0 Å². The molecule has 0 heterocycles. The zero-order valence-corrected chi connectivity index (χ0v) is 11.6. The molecule has 1 rings (SSSR count). The van der Waals surface area contributed by atoms with Crippen LogP contribution in [0.4, 0.5) is 5.69 Å². The van der Waals surface area contributed by atoms with Gasteiger partial charge < -0.3 is 5.32 Å². The third-order valence-corrected chi connectivity index (χ3v) is 3.46. The largest absolute Gasteiger partial charge is 0.325 e. The fraction of sp³-hybridized carbons (Fsp3) is 0.429. The molecular formula is C14H18N2OS. The van der Waals surface area contributed by atoms with Crippen LogP contribution in [-0.2, 0) is 17.6 Å². The first-order chi connectivity index (χ1) is 8.72. The van der Waals surface area contributed by atoms with Gasteiger partial charge >= 0.3 is 0 Å². The molecule has 0 unspecified atom stereocenters. The number of hydrogen-bond donors (Lipinski definition) is 1. The third kappa shape index (κ3) is 4.08. The molecule has 1 N–H and O–H groups in total. The Bertz CT molecular complexity index is 429. The van der Waals surface area contributed by atoms with Crippen molar-refractivity contribution in [2.75, 3.05) is 16.8 Å². The lowest BCUT2D eigenvalue weighted by Gasteiger charge is -2.14. The van der Waals surface area contributed by atoms with Gasteiger partial charge in [0.15, 0.2) is 0 Å². The molecule has 0 atom stereocenters. The first-order valence-electron chi connectivity index (χ1n) is 6.08. The van der Waals surface area contributed by atoms with E-state index in [9.17, 15) is 4.79 Å². The standard InChI is InChI=1S/C14H18N2OS/c1-3-11-6-5-7-12(4-2)14(11)16-13(17)10-18-9-8-15/h5-7H,3-4,9-10H2,1-2H3,(H,16,17). The number of benzene rings is 1. The number of thioether (sulfide) groups is 1. The number of carbonyl (C=O) groups is 1. The Labute approximate surface area is 113 Å². The summed E-state index contributed by atoms with van der Waals surface area (Å²) in [6, 6.07) is 8.12. The lowest BCUT2D eigenvalue weighted by Crippen LogP contribution is -2.16. The van der Waals surface area contributed by atoms with Crippen LogP contribution in [0.3, 0.4) is 0 Å². The molecule has 0 spiro atoms. The summed E-state index contributed by atoms with van der Waals surface area (Å²) in [5.74, 6) is 0.643. The van der Waals surface area contributed by atoms with Crippen LogP contribution in [0, 0.1) is 11.3 Å². The quantitative estimate of drug-likeness (QED) is 0.802. The zero-order valence-electron chi connectivity index (χ0n) is 10.8. The summed E-state index contributed by atoms with van der Waals surface area (Å²) < 4.78 is 0. The lowest BCUT2D eigenvalue weighted by molar-refractivity contribution is -0.113. The molecule has 0 aliphatic carbocycles. The van der Waals surface area contributed by atoms with E-state index in [0.29, 0.717) is 11.5 Å². The van der Waals surface area contributed by atoms with E-state index in [-0.39, 0.29) is 5.91 Å². The molecular weight excluding hydrogens is 244 g/mol. The second kappa shape index (κ2) is 7.78. The Morgan fingerprint density at radius 2 is 1.94 bits per heavy atom. The van der Waals surface area contributed by atoms with Crippen molar-refractivity contribution in [3.63, 3.8) is 0 Å². The highest BCUT2D eigenvalue weighted by Crippen LogP contribution is 2.22. The van der Waals surface area contributed by atoms with Gasteiger partial charge in [0.25, 0.3) is 0 Å². The number of amides is 1. The van der Waals surface area contributed by atoms with Crippen LogP contribution in [0.15, 0.2) is 18.2 Å². The maximum Gasteiger partial charge on any atom is 0.234 e. The number of aryl methyl sites for hydroxylation is 2. The maximum atomic E-state index is 11.8. The Hall–Kier alpha value is -1.47. The van der Waals surface area contributed by atoms with Gasteiger partial charge in [0.05, 0.1) is 17.6 Å². The molecule has 0 fully saturated rings. The van der Waals surface area contributed by atoms with Gasteiger partial charge in [-0.2, -0.15) is 5.26 Å². The number of para-hydroxylation sites is 1. The van der Waals surface area contributed by atoms with Crippen LogP contribution in [-0.4, -0.2) is 17.4 Å². The first kappa shape index (κ1) is 14.6. The van der Waals surface area contributed by atoms with Gasteiger partial charge in [0, 0.05) is 5.69 Å². The lowest BCUT2D eigenvalue weighted by atomic mass is 10.0. The highest BCUT2D eigenvalue weighted by Gasteiger charge is 2.09. The summed E-state index contributed by atoms with van der Waals surface area (Å²) in [6.07, 6.45) is 1.80. The van der Waals surface area contributed by atoms with Crippen molar-refractivity contribution in [1.29, 1.82) is 5.26 Å². The number of nitrogens with zero attached hydrogens (tertiary/aromatic N) is 1. The van der Waals surface area contributed by atoms with Gasteiger partial charge in [0.1, 0.15) is 0 Å². The van der Waals surface area contributed by atoms with Gasteiger partial charge in [0.2, 0.25) is 5.91 Å². The normalized spacial score (nSPS) is 9.83. The van der Waals surface area contributed by atoms with E-state index < -0.39 is 0 Å². The van der Waals surface area contributed by atoms with Gasteiger partial charge in [-0.15, -0.1) is 11.8 Å². The molecule has 1 amide bonds. The predicted molar refractivity (Wildman–Crippen MR) is 76.8 cm³/mol. The highest BCUT2D eigenvalue weighted by molar-refractivity contribution is 8.00. The highest BCUT2D eigenvalue weighted by atomic mass is 32.2. The fourth-order valence-electron chi connectivity index (χ4n) is 1.77. The van der Waals surface area contributed by atoms with Gasteiger partial charge in [-0.3, -0.25) is 4.79 Å². The van der Waals surface area contributed by atoms with E-state index in [1.165, 1.54) is 11.8 Å². The first-order valence-corrected chi connectivity index (χ1v) is 7.23. The van der Waals surface area contributed by atoms with E-state index in [1.807, 2.05) is 24.3 Å². The summed E-state index contributed by atoms with van der Waals surface area (Å²) in [6.45, 7) is 4.16. The summed E-state index contributed by atoms with van der Waals surface area (Å²) >= 11 is 1.33. The number of carbonyl (C=O) groups excluding carboxylic acids is 1. The second-order valence-corrected chi connectivity index (χ2v) is 4.84. The molecule has 0 aliphatic heterocycles. The number of hydrogen-bond acceptors (Lipinski definition) is 3. The molecule has 0 aliphatic rings. The Kier molecular flexibility index (Phi) is 6.31. The molecule has 1 aromatic carbocycles. The van der Waals surface area contributed by atoms with Crippen LogP contribution in [0.25, 0.3) is 0 Å². The second-order valence-electron chi connectivity index (χ2n) is 3.86. The Morgan fingerprint density at radius 3 is 2.44 bits per heavy atom. The monoisotopic (exact) mass is 262 g/mol. The molecule has 0 saturated carbocycles. The summed E-state index contributed by atoms with van der Waals surface area (Å²) in [5, 5.41) is 11.4. The zero-order chi connectivity index (χ0) is 13.4. The summed E-state index contributed by atoms with van der Waals surface area (Å²) in [5.41, 5.74) is 3.27. The topological polar surface area (TPSA) is 52.9 Å². The van der Waals surface area contributed by atoms with E-state index in [2.05, 4.69) is 19.2 Å². The summed E-state index contributed by atoms with van der Waals surface area (Å²) in [7, 11) is 0. The molecule has 96 valence electrons. The van der Waals surface area contributed by atoms with Crippen LogP contribution in [0.2, 0.25) is 0 Å². The number of rotatable bonds is 6. The third-order valence-electron chi connectivity index (χ3n) is 2.66. The van der Waals surface area contributed by atoms with Crippen LogP contribution in [0.1, 0.15) is 25.0 Å². The maximum absolute atomic E-state index is 11.8. The van der Waals surface area contributed by atoms with Crippen molar-refractivity contribution >= 4 is 23.4 Å². The van der Waals surface area contributed by atoms with Gasteiger partial charge in [-0.25, -0.2) is 0 Å². The van der Waals surface area contributed by atoms with Crippen LogP contribution in [0.5, 0.6) is 0 Å². The smallest absolute Gasteiger partial charge is 0.234 e. The average Bonchev–Trinajstić information content (AvgIpc) is 2.39. The number of nitrogens with one attached hydrogen (secondary N) is 1. The molecule has 18 heavy (non-hydrogen) atoms. The molecule has 1 aromatic rings. The Balaban J connectivity index is 2.76. The van der Waals surface area contributed by atoms with E-state index in [1.54, 1.807) is 0 Å². The molecule has 0 aromatic heterocycles. The average molecular weight is 262 g/mol. The molecule has 4 heteroatoms. The van der Waals surface area contributed by atoms with Crippen molar-refractivity contribution in [1.82, 2.24) is 0 Å². The van der Waals surface area contributed by atoms with Crippen LogP contribution < -0.4 is 5.32 Å². The van der Waals surface area contributed by atoms with Crippen molar-refractivity contribution in [3.05, 3.63) is 29.3 Å². The van der Waals surface area contributed by atoms with E-state index in [0.717, 1.165) is 29.7 Å². The van der Waals surface area contributed by atoms with Crippen LogP contribution >= 0.6 is 11.8 Å². The SMILES string of the molecule is CCc1cccc(CC)c1NC(=O)CSCC#N. The molecule has 0 saturated heterocycles. The molecule has 0 bridgehead atoms. The summed E-state index contributed by atoms with van der Waals surface area (Å²) in [4.78, 5) is 11.8. The van der Waals surface area contributed by atoms with Crippen molar-refractivity contribution in [3.8, 4) is 6.07 Å². The predicted octanol–water partition coefficient (Wildman–Crippen LogP) is 3.01. The van der Waals surface area contributed by atoms with Crippen molar-refractivity contribution < 1.29 is 4.79 Å². The minimum atomic E-state index is -0.0362. The van der Waals surface area contributed by atoms with E-state index >= 15 is 0 Å². The minimum absolute atomic E-state index is 0.0362. The van der Waals surface area contributed by atoms with Gasteiger partial charge in [-0.05, 0) is 24.0 Å². The minimum Gasteiger partial charge on any atom is -0.325 e. The van der Waals surface area contributed by atoms with Crippen molar-refractivity contribution in [2.24, 2.45) is 0 Å². The Morgan fingerprint density at radius 1 is 1.33 bits per heavy atom. The molecule has 0 radical (unpaired) electrons. The number of nitriles is 1. The fourth-order valence-corrected chi connectivity index (χ4v) is 2.22. The number of anilines is 1. The van der Waals surface area contributed by atoms with E-state index in [4.69, 9.17) is 5.26 Å². The van der Waals surface area contributed by atoms with Crippen molar-refractivity contribution in [2.45, 2.75) is 26.7 Å². The molecule has 3 nitrogen and oxygen atoms in total.